The van der Waals surface area contributed by atoms with Gasteiger partial charge in [-0.3, -0.25) is 9.69 Å². The summed E-state index contributed by atoms with van der Waals surface area (Å²) in [6.07, 6.45) is 0. The Hall–Kier alpha value is -1.33. The Bertz CT molecular complexity index is 436. The van der Waals surface area contributed by atoms with E-state index in [0.29, 0.717) is 11.3 Å². The van der Waals surface area contributed by atoms with Crippen LogP contribution in [0.3, 0.4) is 0 Å². The normalized spacial score (nSPS) is 16.6. The molecule has 1 fully saturated rings. The van der Waals surface area contributed by atoms with Gasteiger partial charge in [-0.25, -0.2) is 0 Å². The quantitative estimate of drug-likeness (QED) is 0.878. The Morgan fingerprint density at radius 2 is 2.11 bits per heavy atom. The SMILES string of the molecule is Cc1cc(C(=O)N(C)CCN2CCNCC2)c(C)o1. The molecule has 5 heteroatoms. The van der Waals surface area contributed by atoms with Gasteiger partial charge in [0, 0.05) is 46.3 Å². The molecule has 1 aromatic rings. The molecule has 0 bridgehead atoms. The van der Waals surface area contributed by atoms with Gasteiger partial charge in [0.1, 0.15) is 11.5 Å². The number of carbonyl (C=O) groups is 1. The molecule has 19 heavy (non-hydrogen) atoms. The molecule has 1 saturated heterocycles. The van der Waals surface area contributed by atoms with Gasteiger partial charge in [0.15, 0.2) is 0 Å². The third-order valence-corrected chi connectivity index (χ3v) is 3.58. The minimum absolute atomic E-state index is 0.0458. The minimum Gasteiger partial charge on any atom is -0.466 e. The molecule has 1 aliphatic rings. The van der Waals surface area contributed by atoms with Crippen molar-refractivity contribution in [2.75, 3.05) is 46.3 Å². The van der Waals surface area contributed by atoms with E-state index < -0.39 is 0 Å². The van der Waals surface area contributed by atoms with E-state index in [9.17, 15) is 4.79 Å². The summed E-state index contributed by atoms with van der Waals surface area (Å²) in [5.74, 6) is 1.54. The van der Waals surface area contributed by atoms with Gasteiger partial charge >= 0.3 is 0 Å². The Morgan fingerprint density at radius 3 is 2.68 bits per heavy atom. The van der Waals surface area contributed by atoms with Gasteiger partial charge < -0.3 is 14.6 Å². The summed E-state index contributed by atoms with van der Waals surface area (Å²) in [7, 11) is 1.85. The van der Waals surface area contributed by atoms with Crippen molar-refractivity contribution >= 4 is 5.91 Å². The lowest BCUT2D eigenvalue weighted by Gasteiger charge is -2.29. The molecule has 106 valence electrons. The summed E-state index contributed by atoms with van der Waals surface area (Å²) in [6.45, 7) is 9.59. The summed E-state index contributed by atoms with van der Waals surface area (Å²) in [5, 5.41) is 3.33. The van der Waals surface area contributed by atoms with E-state index in [1.54, 1.807) is 4.90 Å². The van der Waals surface area contributed by atoms with Gasteiger partial charge in [-0.15, -0.1) is 0 Å². The Kier molecular flexibility index (Phi) is 4.61. The number of rotatable bonds is 4. The number of nitrogens with zero attached hydrogens (tertiary/aromatic N) is 2. The fraction of sp³-hybridized carbons (Fsp3) is 0.643. The molecular weight excluding hydrogens is 242 g/mol. The van der Waals surface area contributed by atoms with Crippen LogP contribution in [0, 0.1) is 13.8 Å². The van der Waals surface area contributed by atoms with Gasteiger partial charge in [0.05, 0.1) is 5.56 Å². The van der Waals surface area contributed by atoms with Crippen molar-refractivity contribution in [2.24, 2.45) is 0 Å². The average molecular weight is 265 g/mol. The van der Waals surface area contributed by atoms with E-state index in [0.717, 1.165) is 45.0 Å². The van der Waals surface area contributed by atoms with Crippen LogP contribution in [0.15, 0.2) is 10.5 Å². The van der Waals surface area contributed by atoms with Crippen LogP contribution in [-0.4, -0.2) is 62.0 Å². The van der Waals surface area contributed by atoms with Crippen molar-refractivity contribution in [3.05, 3.63) is 23.2 Å². The second-order valence-electron chi connectivity index (χ2n) is 5.15. The molecule has 0 aromatic carbocycles. The topological polar surface area (TPSA) is 48.7 Å². The smallest absolute Gasteiger partial charge is 0.257 e. The van der Waals surface area contributed by atoms with Crippen LogP contribution in [-0.2, 0) is 0 Å². The van der Waals surface area contributed by atoms with E-state index in [2.05, 4.69) is 10.2 Å². The minimum atomic E-state index is 0.0458. The predicted octanol–water partition coefficient (Wildman–Crippen LogP) is 0.874. The first-order valence-corrected chi connectivity index (χ1v) is 6.83. The largest absolute Gasteiger partial charge is 0.466 e. The first kappa shape index (κ1) is 14.1. The average Bonchev–Trinajstić information content (AvgIpc) is 2.75. The lowest BCUT2D eigenvalue weighted by molar-refractivity contribution is 0.0773. The molecule has 2 heterocycles. The molecule has 0 unspecified atom stereocenters. The molecule has 1 aromatic heterocycles. The number of nitrogens with one attached hydrogen (secondary N) is 1. The second-order valence-corrected chi connectivity index (χ2v) is 5.15. The predicted molar refractivity (Wildman–Crippen MR) is 74.5 cm³/mol. The first-order valence-electron chi connectivity index (χ1n) is 6.83. The molecule has 1 amide bonds. The lowest BCUT2D eigenvalue weighted by atomic mass is 10.2. The molecule has 0 radical (unpaired) electrons. The van der Waals surface area contributed by atoms with Crippen LogP contribution in [0.1, 0.15) is 21.9 Å². The number of furan rings is 1. The van der Waals surface area contributed by atoms with Crippen molar-refractivity contribution in [2.45, 2.75) is 13.8 Å². The van der Waals surface area contributed by atoms with Gasteiger partial charge in [-0.2, -0.15) is 0 Å². The molecule has 2 rings (SSSR count). The molecule has 0 atom stereocenters. The van der Waals surface area contributed by atoms with E-state index in [1.165, 1.54) is 0 Å². The van der Waals surface area contributed by atoms with Crippen LogP contribution in [0.2, 0.25) is 0 Å². The van der Waals surface area contributed by atoms with Crippen molar-refractivity contribution in [3.8, 4) is 0 Å². The monoisotopic (exact) mass is 265 g/mol. The van der Waals surface area contributed by atoms with Gasteiger partial charge in [-0.1, -0.05) is 0 Å². The fourth-order valence-corrected chi connectivity index (χ4v) is 2.38. The fourth-order valence-electron chi connectivity index (χ4n) is 2.38. The van der Waals surface area contributed by atoms with E-state index in [4.69, 9.17) is 4.42 Å². The van der Waals surface area contributed by atoms with Gasteiger partial charge in [0.2, 0.25) is 0 Å². The third kappa shape index (κ3) is 3.58. The molecule has 0 aliphatic carbocycles. The van der Waals surface area contributed by atoms with Crippen molar-refractivity contribution in [1.29, 1.82) is 0 Å². The van der Waals surface area contributed by atoms with Gasteiger partial charge in [0.25, 0.3) is 5.91 Å². The molecule has 5 nitrogen and oxygen atoms in total. The summed E-state index contributed by atoms with van der Waals surface area (Å²) in [4.78, 5) is 16.4. The highest BCUT2D eigenvalue weighted by molar-refractivity contribution is 5.95. The Labute approximate surface area is 114 Å². The summed E-state index contributed by atoms with van der Waals surface area (Å²) >= 11 is 0. The van der Waals surface area contributed by atoms with Crippen molar-refractivity contribution in [3.63, 3.8) is 0 Å². The van der Waals surface area contributed by atoms with E-state index in [-0.39, 0.29) is 5.91 Å². The zero-order valence-electron chi connectivity index (χ0n) is 12.0. The van der Waals surface area contributed by atoms with Crippen molar-refractivity contribution in [1.82, 2.24) is 15.1 Å². The third-order valence-electron chi connectivity index (χ3n) is 3.58. The number of hydrogen-bond acceptors (Lipinski definition) is 4. The Balaban J connectivity index is 1.86. The summed E-state index contributed by atoms with van der Waals surface area (Å²) in [6, 6.07) is 1.82. The summed E-state index contributed by atoms with van der Waals surface area (Å²) in [5.41, 5.74) is 0.681. The van der Waals surface area contributed by atoms with E-state index in [1.807, 2.05) is 27.0 Å². The molecule has 1 N–H and O–H groups in total. The lowest BCUT2D eigenvalue weighted by Crippen LogP contribution is -2.46. The number of carbonyl (C=O) groups excluding carboxylic acids is 1. The standard InChI is InChI=1S/C14H23N3O2/c1-11-10-13(12(2)19-11)14(18)16(3)8-9-17-6-4-15-5-7-17/h10,15H,4-9H2,1-3H3. The highest BCUT2D eigenvalue weighted by Crippen LogP contribution is 2.15. The number of amides is 1. The van der Waals surface area contributed by atoms with Crippen molar-refractivity contribution < 1.29 is 9.21 Å². The Morgan fingerprint density at radius 1 is 1.42 bits per heavy atom. The van der Waals surface area contributed by atoms with Crippen LogP contribution >= 0.6 is 0 Å². The highest BCUT2D eigenvalue weighted by Gasteiger charge is 2.18. The zero-order valence-corrected chi connectivity index (χ0v) is 12.0. The number of piperazine rings is 1. The molecule has 0 saturated carbocycles. The van der Waals surface area contributed by atoms with Crippen LogP contribution < -0.4 is 5.32 Å². The number of aryl methyl sites for hydroxylation is 2. The molecule has 1 aliphatic heterocycles. The van der Waals surface area contributed by atoms with Crippen LogP contribution in [0.5, 0.6) is 0 Å². The number of likely N-dealkylation sites (N-methyl/N-ethyl adjacent to an activating group) is 1. The number of hydrogen-bond donors (Lipinski definition) is 1. The summed E-state index contributed by atoms with van der Waals surface area (Å²) < 4.78 is 5.41. The highest BCUT2D eigenvalue weighted by atomic mass is 16.3. The maximum Gasteiger partial charge on any atom is 0.257 e. The van der Waals surface area contributed by atoms with Gasteiger partial charge in [-0.05, 0) is 19.9 Å². The molecule has 0 spiro atoms. The molecular formula is C14H23N3O2. The van der Waals surface area contributed by atoms with Crippen LogP contribution in [0.25, 0.3) is 0 Å². The second kappa shape index (κ2) is 6.21. The first-order chi connectivity index (χ1) is 9.08. The zero-order chi connectivity index (χ0) is 13.8. The maximum absolute atomic E-state index is 12.3. The van der Waals surface area contributed by atoms with Crippen LogP contribution in [0.4, 0.5) is 0 Å². The maximum atomic E-state index is 12.3. The van der Waals surface area contributed by atoms with E-state index >= 15 is 0 Å².